The van der Waals surface area contributed by atoms with Crippen molar-refractivity contribution in [2.45, 2.75) is 6.42 Å². The Morgan fingerprint density at radius 3 is 2.27 bits per heavy atom. The second-order valence-corrected chi connectivity index (χ2v) is 7.09. The van der Waals surface area contributed by atoms with E-state index in [4.69, 9.17) is 23.2 Å². The average Bonchev–Trinajstić information content (AvgIpc) is 3.02. The zero-order valence-corrected chi connectivity index (χ0v) is 16.8. The highest BCUT2D eigenvalue weighted by molar-refractivity contribution is 6.37. The van der Waals surface area contributed by atoms with Gasteiger partial charge in [-0.25, -0.2) is 9.18 Å². The van der Waals surface area contributed by atoms with Crippen molar-refractivity contribution in [3.8, 4) is 0 Å². The molecule has 5 amide bonds. The molecule has 0 radical (unpaired) electrons. The predicted molar refractivity (Wildman–Crippen MR) is 109 cm³/mol. The number of hydrogen-bond acceptors (Lipinski definition) is 4. The Hall–Kier alpha value is -3.17. The van der Waals surface area contributed by atoms with E-state index in [0.717, 1.165) is 17.0 Å². The van der Waals surface area contributed by atoms with Crippen LogP contribution in [-0.4, -0.2) is 41.7 Å². The van der Waals surface area contributed by atoms with Crippen LogP contribution in [0.25, 0.3) is 0 Å². The molecule has 0 atom stereocenters. The van der Waals surface area contributed by atoms with Gasteiger partial charge in [-0.15, -0.1) is 0 Å². The van der Waals surface area contributed by atoms with Crippen LogP contribution in [0.1, 0.15) is 16.8 Å². The van der Waals surface area contributed by atoms with Crippen LogP contribution in [0.2, 0.25) is 10.0 Å². The van der Waals surface area contributed by atoms with Gasteiger partial charge in [0.05, 0.1) is 22.2 Å². The van der Waals surface area contributed by atoms with Crippen LogP contribution >= 0.6 is 23.2 Å². The van der Waals surface area contributed by atoms with Gasteiger partial charge >= 0.3 is 6.03 Å². The van der Waals surface area contributed by atoms with E-state index in [9.17, 15) is 23.6 Å². The van der Waals surface area contributed by atoms with Crippen LogP contribution in [0.15, 0.2) is 36.4 Å². The third-order valence-corrected chi connectivity index (χ3v) is 4.78. The minimum absolute atomic E-state index is 0.00736. The van der Waals surface area contributed by atoms with E-state index in [2.05, 4.69) is 16.0 Å². The number of imide groups is 1. The number of hydrogen-bond donors (Lipinski definition) is 3. The van der Waals surface area contributed by atoms with Crippen molar-refractivity contribution in [3.63, 3.8) is 0 Å². The molecular weight excluding hydrogens is 438 g/mol. The lowest BCUT2D eigenvalue weighted by Crippen LogP contribution is -2.33. The fourth-order valence-corrected chi connectivity index (χ4v) is 3.12. The van der Waals surface area contributed by atoms with Gasteiger partial charge in [0, 0.05) is 24.3 Å². The molecule has 0 saturated carbocycles. The van der Waals surface area contributed by atoms with Gasteiger partial charge in [0.15, 0.2) is 0 Å². The van der Waals surface area contributed by atoms with Gasteiger partial charge < -0.3 is 16.0 Å². The Balaban J connectivity index is 1.55. The monoisotopic (exact) mass is 452 g/mol. The van der Waals surface area contributed by atoms with Gasteiger partial charge in [-0.2, -0.15) is 0 Å². The minimum Gasteiger partial charge on any atom is -0.329 e. The molecule has 30 heavy (non-hydrogen) atoms. The fourth-order valence-electron chi connectivity index (χ4n) is 2.65. The second kappa shape index (κ2) is 9.10. The minimum atomic E-state index is -0.766. The first-order chi connectivity index (χ1) is 14.2. The zero-order chi connectivity index (χ0) is 21.8. The van der Waals surface area contributed by atoms with Crippen molar-refractivity contribution in [2.24, 2.45) is 0 Å². The molecule has 1 aliphatic rings. The highest BCUT2D eigenvalue weighted by Crippen LogP contribution is 2.25. The van der Waals surface area contributed by atoms with Crippen LogP contribution in [0, 0.1) is 5.82 Å². The summed E-state index contributed by atoms with van der Waals surface area (Å²) in [6.45, 7) is -0.0927. The lowest BCUT2D eigenvalue weighted by Gasteiger charge is -2.12. The largest absolute Gasteiger partial charge is 0.329 e. The van der Waals surface area contributed by atoms with Crippen molar-refractivity contribution in [3.05, 3.63) is 57.8 Å². The Bertz CT molecular complexity index is 1010. The van der Waals surface area contributed by atoms with Crippen LogP contribution < -0.4 is 16.0 Å². The second-order valence-electron chi connectivity index (χ2n) is 6.28. The van der Waals surface area contributed by atoms with E-state index >= 15 is 0 Å². The van der Waals surface area contributed by atoms with Crippen LogP contribution in [0.4, 0.5) is 20.6 Å². The molecule has 1 fully saturated rings. The van der Waals surface area contributed by atoms with Gasteiger partial charge in [-0.3, -0.25) is 19.3 Å². The van der Waals surface area contributed by atoms with E-state index in [1.807, 2.05) is 0 Å². The summed E-state index contributed by atoms with van der Waals surface area (Å²) in [6.07, 6.45) is -0.0573. The molecule has 3 N–H and O–H groups in total. The first-order valence-electron chi connectivity index (χ1n) is 8.68. The van der Waals surface area contributed by atoms with Crippen LogP contribution in [0.3, 0.4) is 0 Å². The van der Waals surface area contributed by atoms with Gasteiger partial charge in [0.2, 0.25) is 11.8 Å². The van der Waals surface area contributed by atoms with Crippen molar-refractivity contribution in [1.82, 2.24) is 10.2 Å². The van der Waals surface area contributed by atoms with Gasteiger partial charge in [-0.1, -0.05) is 23.2 Å². The number of amides is 5. The normalized spacial score (nSPS) is 13.2. The summed E-state index contributed by atoms with van der Waals surface area (Å²) in [7, 11) is 0. The third-order valence-electron chi connectivity index (χ3n) is 4.18. The standard InChI is InChI=1S/C19H15Cl2FN4O4/c20-13-8-14(21)15(22)7-12(13)18(29)25-11-3-1-10(2-4-11)24-16(27)5-6-26-17(28)9-23-19(26)30/h1-4,7-8H,5-6,9H2,(H,23,30)(H,24,27)(H,25,29). The number of urea groups is 1. The predicted octanol–water partition coefficient (Wildman–Crippen LogP) is 3.27. The molecule has 3 rings (SSSR count). The highest BCUT2D eigenvalue weighted by Gasteiger charge is 2.28. The number of carbonyl (C=O) groups is 4. The third kappa shape index (κ3) is 5.05. The molecule has 1 heterocycles. The quantitative estimate of drug-likeness (QED) is 0.461. The molecule has 0 aliphatic carbocycles. The summed E-state index contributed by atoms with van der Waals surface area (Å²) >= 11 is 11.5. The summed E-state index contributed by atoms with van der Waals surface area (Å²) in [4.78, 5) is 48.2. The lowest BCUT2D eigenvalue weighted by molar-refractivity contribution is -0.125. The SMILES string of the molecule is O=C(CCN1C(=O)CNC1=O)Nc1ccc(NC(=O)c2cc(F)c(Cl)cc2Cl)cc1. The Kier molecular flexibility index (Phi) is 6.53. The van der Waals surface area contributed by atoms with Crippen molar-refractivity contribution >= 4 is 58.3 Å². The smallest absolute Gasteiger partial charge is 0.324 e. The average molecular weight is 453 g/mol. The molecule has 2 aromatic carbocycles. The van der Waals surface area contributed by atoms with E-state index < -0.39 is 17.8 Å². The van der Waals surface area contributed by atoms with E-state index in [1.165, 1.54) is 12.1 Å². The Morgan fingerprint density at radius 2 is 1.67 bits per heavy atom. The molecule has 156 valence electrons. The van der Waals surface area contributed by atoms with Gasteiger partial charge in [0.1, 0.15) is 5.82 Å². The summed E-state index contributed by atoms with van der Waals surface area (Å²) in [5.41, 5.74) is 0.769. The highest BCUT2D eigenvalue weighted by atomic mass is 35.5. The molecule has 2 aromatic rings. The van der Waals surface area contributed by atoms with Crippen molar-refractivity contribution in [2.75, 3.05) is 23.7 Å². The van der Waals surface area contributed by atoms with E-state index in [-0.39, 0.29) is 46.9 Å². The van der Waals surface area contributed by atoms with Crippen LogP contribution in [0.5, 0.6) is 0 Å². The number of benzene rings is 2. The maximum atomic E-state index is 13.6. The van der Waals surface area contributed by atoms with Crippen molar-refractivity contribution < 1.29 is 23.6 Å². The molecule has 11 heteroatoms. The number of halogens is 3. The molecule has 0 bridgehead atoms. The summed E-state index contributed by atoms with van der Waals surface area (Å²) in [5, 5.41) is 7.38. The lowest BCUT2D eigenvalue weighted by atomic mass is 10.2. The molecular formula is C19H15Cl2FN4O4. The van der Waals surface area contributed by atoms with Crippen molar-refractivity contribution in [1.29, 1.82) is 0 Å². The molecule has 1 saturated heterocycles. The topological polar surface area (TPSA) is 108 Å². The van der Waals surface area contributed by atoms with E-state index in [1.54, 1.807) is 12.1 Å². The van der Waals surface area contributed by atoms with E-state index in [0.29, 0.717) is 11.4 Å². The maximum Gasteiger partial charge on any atom is 0.324 e. The number of carbonyl (C=O) groups excluding carboxylic acids is 4. The molecule has 0 unspecified atom stereocenters. The summed E-state index contributed by atoms with van der Waals surface area (Å²) in [5.74, 6) is -2.16. The van der Waals surface area contributed by atoms with Gasteiger partial charge in [0.25, 0.3) is 5.91 Å². The number of rotatable bonds is 6. The zero-order valence-electron chi connectivity index (χ0n) is 15.3. The summed E-state index contributed by atoms with van der Waals surface area (Å²) in [6, 6.07) is 7.73. The molecule has 8 nitrogen and oxygen atoms in total. The molecule has 0 aromatic heterocycles. The first-order valence-corrected chi connectivity index (χ1v) is 9.44. The fraction of sp³-hybridized carbons (Fsp3) is 0.158. The van der Waals surface area contributed by atoms with Gasteiger partial charge in [-0.05, 0) is 36.4 Å². The number of nitrogens with zero attached hydrogens (tertiary/aromatic N) is 1. The first kappa shape index (κ1) is 21.5. The molecule has 0 spiro atoms. The molecule has 1 aliphatic heterocycles. The Labute approximate surface area is 180 Å². The maximum absolute atomic E-state index is 13.6. The number of anilines is 2. The number of nitrogens with one attached hydrogen (secondary N) is 3. The van der Waals surface area contributed by atoms with Crippen LogP contribution in [-0.2, 0) is 9.59 Å². The summed E-state index contributed by atoms with van der Waals surface area (Å²) < 4.78 is 13.6. The Morgan fingerprint density at radius 1 is 1.03 bits per heavy atom.